The Balaban J connectivity index is 1.46. The number of hydrogen-bond donors (Lipinski definition) is 1. The summed E-state index contributed by atoms with van der Waals surface area (Å²) >= 11 is 0. The first-order chi connectivity index (χ1) is 13.8. The maximum absolute atomic E-state index is 8.82. The fourth-order valence-electron chi connectivity index (χ4n) is 3.47. The van der Waals surface area contributed by atoms with Crippen molar-refractivity contribution in [2.75, 3.05) is 11.9 Å². The van der Waals surface area contributed by atoms with Crippen LogP contribution in [-0.4, -0.2) is 31.4 Å². The Kier molecular flexibility index (Phi) is 5.50. The summed E-state index contributed by atoms with van der Waals surface area (Å²) in [5.41, 5.74) is 3.22. The molecular formula is C21H21N7. The van der Waals surface area contributed by atoms with Crippen LogP contribution in [0.4, 0.5) is 11.5 Å². The predicted molar refractivity (Wildman–Crippen MR) is 106 cm³/mol. The first-order valence-corrected chi connectivity index (χ1v) is 9.41. The minimum absolute atomic E-state index is 0.258. The highest BCUT2D eigenvalue weighted by Gasteiger charge is 2.25. The molecule has 0 amide bonds. The fourth-order valence-corrected chi connectivity index (χ4v) is 3.47. The molecule has 0 aliphatic carbocycles. The molecule has 3 aromatic rings. The third-order valence-electron chi connectivity index (χ3n) is 4.87. The van der Waals surface area contributed by atoms with Gasteiger partial charge in [0.2, 0.25) is 0 Å². The number of aromatic nitrogens is 4. The zero-order valence-electron chi connectivity index (χ0n) is 15.5. The van der Waals surface area contributed by atoms with Crippen LogP contribution in [0.1, 0.15) is 42.4 Å². The van der Waals surface area contributed by atoms with Gasteiger partial charge >= 0.3 is 0 Å². The molecule has 4 rings (SSSR count). The van der Waals surface area contributed by atoms with Crippen LogP contribution in [0.25, 0.3) is 0 Å². The number of piperidine rings is 1. The van der Waals surface area contributed by atoms with Crippen molar-refractivity contribution in [1.29, 1.82) is 5.26 Å². The molecule has 7 nitrogen and oxygen atoms in total. The second-order valence-corrected chi connectivity index (χ2v) is 6.80. The van der Waals surface area contributed by atoms with Gasteiger partial charge in [-0.25, -0.2) is 9.97 Å². The second kappa shape index (κ2) is 8.55. The van der Waals surface area contributed by atoms with Crippen molar-refractivity contribution in [3.63, 3.8) is 0 Å². The van der Waals surface area contributed by atoms with Gasteiger partial charge in [-0.2, -0.15) is 5.26 Å². The first kappa shape index (κ1) is 18.0. The summed E-state index contributed by atoms with van der Waals surface area (Å²) in [6, 6.07) is 11.8. The minimum Gasteiger partial charge on any atom is -0.338 e. The van der Waals surface area contributed by atoms with Crippen LogP contribution < -0.4 is 5.32 Å². The average molecular weight is 371 g/mol. The molecule has 0 bridgehead atoms. The van der Waals surface area contributed by atoms with Crippen LogP contribution in [0.3, 0.4) is 0 Å². The second-order valence-electron chi connectivity index (χ2n) is 6.80. The topological polar surface area (TPSA) is 90.6 Å². The molecule has 1 N–H and O–H groups in total. The van der Waals surface area contributed by atoms with Gasteiger partial charge in [0, 0.05) is 12.7 Å². The molecule has 0 aromatic carbocycles. The summed E-state index contributed by atoms with van der Waals surface area (Å²) in [6.45, 7) is 1.87. The zero-order chi connectivity index (χ0) is 19.2. The van der Waals surface area contributed by atoms with E-state index in [4.69, 9.17) is 5.26 Å². The molecule has 28 heavy (non-hydrogen) atoms. The molecule has 1 saturated heterocycles. The zero-order valence-corrected chi connectivity index (χ0v) is 15.5. The number of anilines is 2. The van der Waals surface area contributed by atoms with Crippen LogP contribution in [0.15, 0.2) is 55.1 Å². The summed E-state index contributed by atoms with van der Waals surface area (Å²) in [6.07, 6.45) is 10.5. The van der Waals surface area contributed by atoms with Gasteiger partial charge in [0.25, 0.3) is 0 Å². The molecule has 7 heteroatoms. The predicted octanol–water partition coefficient (Wildman–Crippen LogP) is 3.61. The van der Waals surface area contributed by atoms with Crippen LogP contribution in [0, 0.1) is 11.3 Å². The largest absolute Gasteiger partial charge is 0.338 e. The Morgan fingerprint density at radius 2 is 2.00 bits per heavy atom. The number of nitrogens with zero attached hydrogens (tertiary/aromatic N) is 6. The van der Waals surface area contributed by atoms with Crippen molar-refractivity contribution in [3.05, 3.63) is 72.2 Å². The lowest BCUT2D eigenvalue weighted by Gasteiger charge is -2.34. The van der Waals surface area contributed by atoms with Crippen molar-refractivity contribution in [2.24, 2.45) is 0 Å². The summed E-state index contributed by atoms with van der Waals surface area (Å²) in [4.78, 5) is 20.1. The fraction of sp³-hybridized carbons (Fsp3) is 0.286. The Morgan fingerprint density at radius 1 is 1.04 bits per heavy atom. The van der Waals surface area contributed by atoms with Crippen LogP contribution in [-0.2, 0) is 6.54 Å². The molecule has 1 aliphatic rings. The van der Waals surface area contributed by atoms with Gasteiger partial charge in [-0.3, -0.25) is 14.9 Å². The van der Waals surface area contributed by atoms with E-state index in [-0.39, 0.29) is 6.04 Å². The highest BCUT2D eigenvalue weighted by atomic mass is 15.2. The summed E-state index contributed by atoms with van der Waals surface area (Å²) in [7, 11) is 0. The van der Waals surface area contributed by atoms with Crippen molar-refractivity contribution in [3.8, 4) is 6.07 Å². The highest BCUT2D eigenvalue weighted by Crippen LogP contribution is 2.30. The maximum atomic E-state index is 8.82. The normalized spacial score (nSPS) is 17.0. The van der Waals surface area contributed by atoms with Crippen molar-refractivity contribution < 1.29 is 0 Å². The summed E-state index contributed by atoms with van der Waals surface area (Å²) < 4.78 is 0. The van der Waals surface area contributed by atoms with Gasteiger partial charge in [0.1, 0.15) is 17.6 Å². The third-order valence-corrected chi connectivity index (χ3v) is 4.87. The lowest BCUT2D eigenvalue weighted by atomic mass is 9.99. The van der Waals surface area contributed by atoms with E-state index in [2.05, 4.69) is 36.2 Å². The molecule has 3 aromatic heterocycles. The molecule has 0 saturated carbocycles. The number of nitriles is 1. The van der Waals surface area contributed by atoms with Gasteiger partial charge in [-0.15, -0.1) is 0 Å². The summed E-state index contributed by atoms with van der Waals surface area (Å²) in [5.74, 6) is 0.655. The van der Waals surface area contributed by atoms with E-state index in [1.54, 1.807) is 24.5 Å². The van der Waals surface area contributed by atoms with Crippen molar-refractivity contribution >= 4 is 11.5 Å². The Labute approximate surface area is 164 Å². The van der Waals surface area contributed by atoms with Gasteiger partial charge < -0.3 is 5.32 Å². The lowest BCUT2D eigenvalue weighted by Crippen LogP contribution is -2.33. The number of nitrogens with one attached hydrogen (secondary N) is 1. The van der Waals surface area contributed by atoms with E-state index in [9.17, 15) is 0 Å². The SMILES string of the molecule is N#Cc1ccc(Nc2cnc([C@H]3CCCCN3Cc3ccccn3)cn2)cn1. The van der Waals surface area contributed by atoms with Crippen molar-refractivity contribution in [1.82, 2.24) is 24.8 Å². The molecule has 0 radical (unpaired) electrons. The number of hydrogen-bond acceptors (Lipinski definition) is 7. The van der Waals surface area contributed by atoms with Crippen LogP contribution >= 0.6 is 0 Å². The standard InChI is InChI=1S/C21H21N7/c22-11-16-7-8-17(12-24-16)27-21-14-25-19(13-26-21)20-6-2-4-10-28(20)15-18-5-1-3-9-23-18/h1,3,5,7-9,12-14,20H,2,4,6,10,15H2,(H,26,27)/t20-/m1/s1. The lowest BCUT2D eigenvalue weighted by molar-refractivity contribution is 0.135. The smallest absolute Gasteiger partial charge is 0.148 e. The molecule has 1 atom stereocenters. The first-order valence-electron chi connectivity index (χ1n) is 9.41. The van der Waals surface area contributed by atoms with Crippen LogP contribution in [0.2, 0.25) is 0 Å². The highest BCUT2D eigenvalue weighted by molar-refractivity contribution is 5.54. The Bertz CT molecular complexity index is 933. The van der Waals surface area contributed by atoms with E-state index in [0.717, 1.165) is 36.6 Å². The average Bonchev–Trinajstić information content (AvgIpc) is 2.76. The maximum Gasteiger partial charge on any atom is 0.148 e. The van der Waals surface area contributed by atoms with Crippen LogP contribution in [0.5, 0.6) is 0 Å². The molecule has 140 valence electrons. The van der Waals surface area contributed by atoms with Gasteiger partial charge in [0.05, 0.1) is 41.7 Å². The van der Waals surface area contributed by atoms with Gasteiger partial charge in [-0.1, -0.05) is 12.5 Å². The van der Waals surface area contributed by atoms with Gasteiger partial charge in [-0.05, 0) is 43.7 Å². The molecule has 0 unspecified atom stereocenters. The Morgan fingerprint density at radius 3 is 2.71 bits per heavy atom. The van der Waals surface area contributed by atoms with E-state index < -0.39 is 0 Å². The quantitative estimate of drug-likeness (QED) is 0.732. The van der Waals surface area contributed by atoms with E-state index in [1.807, 2.05) is 30.6 Å². The number of pyridine rings is 2. The molecule has 0 spiro atoms. The third kappa shape index (κ3) is 4.30. The van der Waals surface area contributed by atoms with E-state index in [0.29, 0.717) is 11.5 Å². The van der Waals surface area contributed by atoms with E-state index >= 15 is 0 Å². The number of rotatable bonds is 5. The molecular weight excluding hydrogens is 350 g/mol. The minimum atomic E-state index is 0.258. The van der Waals surface area contributed by atoms with E-state index in [1.165, 1.54) is 12.8 Å². The molecule has 1 aliphatic heterocycles. The monoisotopic (exact) mass is 371 g/mol. The number of likely N-dealkylation sites (tertiary alicyclic amines) is 1. The summed E-state index contributed by atoms with van der Waals surface area (Å²) in [5, 5.41) is 12.0. The Hall–Kier alpha value is -3.37. The van der Waals surface area contributed by atoms with Gasteiger partial charge in [0.15, 0.2) is 0 Å². The molecule has 4 heterocycles. The van der Waals surface area contributed by atoms with Crippen molar-refractivity contribution in [2.45, 2.75) is 31.8 Å². The molecule has 1 fully saturated rings.